The van der Waals surface area contributed by atoms with E-state index >= 15 is 0 Å². The second-order valence-corrected chi connectivity index (χ2v) is 26.2. The average molecular weight is 1240 g/mol. The van der Waals surface area contributed by atoms with E-state index in [1.165, 1.54) is 54.9 Å². The summed E-state index contributed by atoms with van der Waals surface area (Å²) in [5, 5.41) is 7.14. The molecule has 0 unspecified atom stereocenters. The summed E-state index contributed by atoms with van der Waals surface area (Å²) in [6, 6.07) is 113. The summed E-state index contributed by atoms with van der Waals surface area (Å²) in [5.74, 6) is 1.63. The summed E-state index contributed by atoms with van der Waals surface area (Å²) in [6.45, 7) is 6.54. The molecular weight excluding hydrogens is 1180 g/mol. The molecule has 0 fully saturated rings. The van der Waals surface area contributed by atoms with Gasteiger partial charge in [0.25, 0.3) is 0 Å². The van der Waals surface area contributed by atoms with Gasteiger partial charge in [-0.3, -0.25) is 4.57 Å². The van der Waals surface area contributed by atoms with E-state index in [4.69, 9.17) is 15.0 Å². The van der Waals surface area contributed by atoms with Crippen LogP contribution in [0.15, 0.2) is 309 Å². The molecule has 456 valence electrons. The van der Waals surface area contributed by atoms with Crippen molar-refractivity contribution in [2.75, 3.05) is 0 Å². The lowest BCUT2D eigenvalue weighted by atomic mass is 9.92. The van der Waals surface area contributed by atoms with Gasteiger partial charge in [-0.15, -0.1) is 0 Å². The Hall–Kier alpha value is -12.5. The third kappa shape index (κ3) is 9.51. The SMILES string of the molecule is Cc1ccc2c(c1)c1cc(C)ccc1n2-c1ccccc1-c1nc(-c2ccccc2-n2c3ccc(C)cc3c3c4c(ccc32)C4)nc(-n2c3ccc(-c4cc(-c5ccccc5)cc(-c5ccccc5)c4)cc3c3cc(-c4cc(-c5ccccc5)cc(-c5ccccc5)c4)ccc32)n1. The van der Waals surface area contributed by atoms with E-state index in [0.717, 1.165) is 134 Å². The monoisotopic (exact) mass is 1240 g/mol. The van der Waals surface area contributed by atoms with Gasteiger partial charge in [0.05, 0.1) is 44.5 Å². The van der Waals surface area contributed by atoms with Gasteiger partial charge in [-0.05, 0) is 232 Å². The molecule has 18 aromatic rings. The number of rotatable bonds is 11. The van der Waals surface area contributed by atoms with E-state index in [2.05, 4.69) is 344 Å². The van der Waals surface area contributed by atoms with E-state index in [0.29, 0.717) is 17.6 Å². The van der Waals surface area contributed by atoms with Crippen molar-refractivity contribution in [2.24, 2.45) is 0 Å². The molecule has 0 N–H and O–H groups in total. The zero-order valence-electron chi connectivity index (χ0n) is 53.8. The minimum Gasteiger partial charge on any atom is -0.309 e. The van der Waals surface area contributed by atoms with Crippen molar-refractivity contribution in [3.8, 4) is 107 Å². The van der Waals surface area contributed by atoms with Gasteiger partial charge >= 0.3 is 0 Å². The van der Waals surface area contributed by atoms with Crippen molar-refractivity contribution >= 4 is 65.4 Å². The molecule has 14 aromatic carbocycles. The second-order valence-electron chi connectivity index (χ2n) is 26.2. The number of para-hydroxylation sites is 2. The predicted molar refractivity (Wildman–Crippen MR) is 403 cm³/mol. The maximum atomic E-state index is 5.82. The molecule has 19 rings (SSSR count). The molecule has 0 spiro atoms. The van der Waals surface area contributed by atoms with Gasteiger partial charge in [-0.25, -0.2) is 4.98 Å². The number of fused-ring (bicyclic) bond motifs is 11. The Balaban J connectivity index is 0.889. The molecule has 4 aromatic heterocycles. The third-order valence-corrected chi connectivity index (χ3v) is 19.9. The fourth-order valence-electron chi connectivity index (χ4n) is 15.2. The van der Waals surface area contributed by atoms with Crippen molar-refractivity contribution < 1.29 is 0 Å². The quantitative estimate of drug-likeness (QED) is 0.130. The molecule has 6 nitrogen and oxygen atoms in total. The van der Waals surface area contributed by atoms with Gasteiger partial charge in [0, 0.05) is 43.4 Å². The minimum absolute atomic E-state index is 0.510. The molecule has 0 radical (unpaired) electrons. The highest BCUT2D eigenvalue weighted by atomic mass is 15.2. The zero-order chi connectivity index (χ0) is 64.4. The standard InChI is InChI=1S/C91H62N6/c1-56-32-38-82-75(44-56)76-45-57(2)33-39-83(76)95(82)80-30-18-16-28-72(80)89-92-90(73-29-17-19-31-81(73)96-86-40-34-58(3)46-79(86)88-74-55-65(74)37-43-87(88)96)94-91(93-89)97-84-41-35-63(70-49-66(59-20-8-4-9-21-59)47-67(50-70)60-22-10-5-11-23-60)53-77(84)78-54-64(36-42-85(78)97)71-51-68(61-24-12-6-13-25-61)48-69(52-71)62-26-14-7-15-27-62/h4-54H,55H2,1-3H3. The van der Waals surface area contributed by atoms with Gasteiger partial charge in [0.15, 0.2) is 11.6 Å². The summed E-state index contributed by atoms with van der Waals surface area (Å²) >= 11 is 0. The van der Waals surface area contributed by atoms with E-state index in [1.807, 2.05) is 0 Å². The van der Waals surface area contributed by atoms with Crippen LogP contribution < -0.4 is 0 Å². The zero-order valence-corrected chi connectivity index (χ0v) is 53.8. The average Bonchev–Trinajstić information content (AvgIpc) is 0.909. The molecular formula is C91H62N6. The van der Waals surface area contributed by atoms with Crippen LogP contribution in [-0.2, 0) is 6.42 Å². The summed E-state index contributed by atoms with van der Waals surface area (Å²) in [5.41, 5.74) is 30.4. The fourth-order valence-corrected chi connectivity index (χ4v) is 15.2. The maximum absolute atomic E-state index is 5.82. The van der Waals surface area contributed by atoms with Crippen molar-refractivity contribution in [3.63, 3.8) is 0 Å². The molecule has 1 aliphatic carbocycles. The molecule has 0 bridgehead atoms. The maximum Gasteiger partial charge on any atom is 0.238 e. The number of aromatic nitrogens is 6. The second kappa shape index (κ2) is 22.3. The number of hydrogen-bond donors (Lipinski definition) is 0. The van der Waals surface area contributed by atoms with Crippen LogP contribution in [0.2, 0.25) is 0 Å². The van der Waals surface area contributed by atoms with E-state index in [-0.39, 0.29) is 0 Å². The predicted octanol–water partition coefficient (Wildman–Crippen LogP) is 23.3. The Bertz CT molecular complexity index is 5870. The van der Waals surface area contributed by atoms with Crippen LogP contribution in [-0.4, -0.2) is 28.7 Å². The first-order valence-electron chi connectivity index (χ1n) is 33.4. The Morgan fingerprint density at radius 1 is 0.247 bits per heavy atom. The van der Waals surface area contributed by atoms with Crippen LogP contribution >= 0.6 is 0 Å². The lowest BCUT2D eigenvalue weighted by Crippen LogP contribution is -2.09. The van der Waals surface area contributed by atoms with Crippen LogP contribution in [0, 0.1) is 20.8 Å². The van der Waals surface area contributed by atoms with Gasteiger partial charge < -0.3 is 9.13 Å². The number of hydrogen-bond acceptors (Lipinski definition) is 3. The minimum atomic E-state index is 0.510. The molecule has 0 amide bonds. The Kier molecular flexibility index (Phi) is 12.9. The van der Waals surface area contributed by atoms with Crippen molar-refractivity contribution in [1.82, 2.24) is 28.7 Å². The highest BCUT2D eigenvalue weighted by molar-refractivity contribution is 6.15. The first-order chi connectivity index (χ1) is 47.8. The van der Waals surface area contributed by atoms with E-state index < -0.39 is 0 Å². The van der Waals surface area contributed by atoms with Crippen LogP contribution in [0.3, 0.4) is 0 Å². The fraction of sp³-hybridized carbons (Fsp3) is 0.0440. The summed E-state index contributed by atoms with van der Waals surface area (Å²) < 4.78 is 7.13. The molecule has 0 aliphatic heterocycles. The Morgan fingerprint density at radius 2 is 0.577 bits per heavy atom. The van der Waals surface area contributed by atoms with E-state index in [1.54, 1.807) is 0 Å². The molecule has 6 heteroatoms. The van der Waals surface area contributed by atoms with Crippen LogP contribution in [0.4, 0.5) is 0 Å². The summed E-state index contributed by atoms with van der Waals surface area (Å²) in [7, 11) is 0. The highest BCUT2D eigenvalue weighted by Crippen LogP contribution is 2.46. The molecule has 1 aliphatic rings. The smallest absolute Gasteiger partial charge is 0.238 e. The molecule has 0 saturated heterocycles. The van der Waals surface area contributed by atoms with Crippen molar-refractivity contribution in [3.05, 3.63) is 337 Å². The van der Waals surface area contributed by atoms with Crippen LogP contribution in [0.25, 0.3) is 172 Å². The van der Waals surface area contributed by atoms with Gasteiger partial charge in [0.2, 0.25) is 5.95 Å². The molecule has 0 saturated carbocycles. The highest BCUT2D eigenvalue weighted by Gasteiger charge is 2.28. The molecule has 97 heavy (non-hydrogen) atoms. The number of benzene rings is 14. The van der Waals surface area contributed by atoms with E-state index in [9.17, 15) is 0 Å². The molecule has 0 atom stereocenters. The topological polar surface area (TPSA) is 53.5 Å². The Morgan fingerprint density at radius 3 is 1.01 bits per heavy atom. The van der Waals surface area contributed by atoms with Gasteiger partial charge in [-0.2, -0.15) is 9.97 Å². The van der Waals surface area contributed by atoms with Crippen LogP contribution in [0.1, 0.15) is 27.8 Å². The number of nitrogens with zero attached hydrogens (tertiary/aromatic N) is 6. The first kappa shape index (κ1) is 56.1. The van der Waals surface area contributed by atoms with Gasteiger partial charge in [-0.1, -0.05) is 199 Å². The summed E-state index contributed by atoms with van der Waals surface area (Å²) in [4.78, 5) is 17.4. The van der Waals surface area contributed by atoms with Crippen molar-refractivity contribution in [1.29, 1.82) is 0 Å². The molecule has 4 heterocycles. The third-order valence-electron chi connectivity index (χ3n) is 19.9. The first-order valence-corrected chi connectivity index (χ1v) is 33.4. The van der Waals surface area contributed by atoms with Crippen molar-refractivity contribution in [2.45, 2.75) is 27.2 Å². The number of aryl methyl sites for hydroxylation is 3. The lowest BCUT2D eigenvalue weighted by molar-refractivity contribution is 0.950. The Labute approximate surface area is 562 Å². The lowest BCUT2D eigenvalue weighted by Gasteiger charge is -2.17. The van der Waals surface area contributed by atoms with Crippen LogP contribution in [0.5, 0.6) is 0 Å². The van der Waals surface area contributed by atoms with Gasteiger partial charge in [0.1, 0.15) is 0 Å². The largest absolute Gasteiger partial charge is 0.309 e. The normalized spacial score (nSPS) is 12.0. The summed E-state index contributed by atoms with van der Waals surface area (Å²) in [6.07, 6.45) is 1.01.